The van der Waals surface area contributed by atoms with E-state index in [1.807, 2.05) is 0 Å². The van der Waals surface area contributed by atoms with E-state index in [-0.39, 0.29) is 54.5 Å². The molecule has 0 unspecified atom stereocenters. The SMILES string of the molecule is CCOC(=O)[C@H]1CCCN(c2nc3c(c(=O)[nH]2)[C@@H](C(=O)Nc2ccc(F)c(F)c2)CC(=O)N3)C1. The molecule has 1 aromatic heterocycles. The van der Waals surface area contributed by atoms with Crippen molar-refractivity contribution in [3.8, 4) is 0 Å². The Morgan fingerprint density at radius 2 is 2.06 bits per heavy atom. The lowest BCUT2D eigenvalue weighted by Crippen LogP contribution is -2.42. The maximum absolute atomic E-state index is 13.5. The summed E-state index contributed by atoms with van der Waals surface area (Å²) in [5, 5.41) is 4.93. The van der Waals surface area contributed by atoms with Gasteiger partial charge in [0, 0.05) is 31.3 Å². The van der Waals surface area contributed by atoms with Crippen LogP contribution < -0.4 is 21.1 Å². The predicted octanol–water partition coefficient (Wildman–Crippen LogP) is 1.89. The molecule has 10 nitrogen and oxygen atoms in total. The van der Waals surface area contributed by atoms with Crippen LogP contribution in [-0.2, 0) is 19.1 Å². The van der Waals surface area contributed by atoms with Gasteiger partial charge in [0.05, 0.1) is 24.0 Å². The maximum atomic E-state index is 13.5. The highest BCUT2D eigenvalue weighted by molar-refractivity contribution is 6.04. The Morgan fingerprint density at radius 1 is 1.26 bits per heavy atom. The van der Waals surface area contributed by atoms with Crippen molar-refractivity contribution < 1.29 is 27.9 Å². The van der Waals surface area contributed by atoms with Crippen molar-refractivity contribution in [2.45, 2.75) is 32.1 Å². The number of nitrogens with zero attached hydrogens (tertiary/aromatic N) is 2. The minimum Gasteiger partial charge on any atom is -0.466 e. The number of nitrogens with one attached hydrogen (secondary N) is 3. The second kappa shape index (κ2) is 9.57. The fourth-order valence-corrected chi connectivity index (χ4v) is 4.16. The molecule has 2 amide bonds. The first-order valence-electron chi connectivity index (χ1n) is 10.9. The van der Waals surface area contributed by atoms with Crippen molar-refractivity contribution in [3.63, 3.8) is 0 Å². The number of anilines is 3. The van der Waals surface area contributed by atoms with E-state index in [1.165, 1.54) is 6.07 Å². The summed E-state index contributed by atoms with van der Waals surface area (Å²) in [6.45, 7) is 2.81. The predicted molar refractivity (Wildman–Crippen MR) is 117 cm³/mol. The number of aromatic nitrogens is 2. The third kappa shape index (κ3) is 4.75. The Bertz CT molecular complexity index is 1200. The summed E-state index contributed by atoms with van der Waals surface area (Å²) in [6.07, 6.45) is 1.00. The highest BCUT2D eigenvalue weighted by Gasteiger charge is 2.36. The molecule has 4 rings (SSSR count). The van der Waals surface area contributed by atoms with E-state index in [1.54, 1.807) is 11.8 Å². The Morgan fingerprint density at radius 3 is 2.79 bits per heavy atom. The Labute approximate surface area is 192 Å². The minimum atomic E-state index is -1.18. The molecule has 0 bridgehead atoms. The van der Waals surface area contributed by atoms with Gasteiger partial charge in [-0.15, -0.1) is 0 Å². The molecule has 2 atom stereocenters. The first-order chi connectivity index (χ1) is 16.3. The van der Waals surface area contributed by atoms with Gasteiger partial charge in [-0.2, -0.15) is 4.98 Å². The third-order valence-electron chi connectivity index (χ3n) is 5.78. The van der Waals surface area contributed by atoms with Crippen LogP contribution in [0.1, 0.15) is 37.7 Å². The summed E-state index contributed by atoms with van der Waals surface area (Å²) < 4.78 is 31.7. The molecule has 2 aromatic rings. The lowest BCUT2D eigenvalue weighted by molar-refractivity contribution is -0.148. The summed E-state index contributed by atoms with van der Waals surface area (Å²) in [5.41, 5.74) is -0.679. The molecule has 1 fully saturated rings. The highest BCUT2D eigenvalue weighted by atomic mass is 19.2. The molecule has 3 heterocycles. The van der Waals surface area contributed by atoms with Crippen LogP contribution >= 0.6 is 0 Å². The second-order valence-corrected chi connectivity index (χ2v) is 8.11. The van der Waals surface area contributed by atoms with Crippen LogP contribution in [0.3, 0.4) is 0 Å². The molecule has 0 aliphatic carbocycles. The molecule has 1 saturated heterocycles. The monoisotopic (exact) mass is 475 g/mol. The van der Waals surface area contributed by atoms with Gasteiger partial charge in [0.25, 0.3) is 5.56 Å². The number of hydrogen-bond donors (Lipinski definition) is 3. The smallest absolute Gasteiger partial charge is 0.310 e. The standard InChI is InChI=1S/C22H23F2N5O5/c1-2-34-21(33)11-4-3-7-29(10-11)22-27-18-17(20(32)28-22)13(9-16(30)26-18)19(31)25-12-5-6-14(23)15(24)8-12/h5-6,8,11,13H,2-4,7,9-10H2,1H3,(H,25,31)(H2,26,27,28,30,32)/t11-,13-/m0/s1. The Hall–Kier alpha value is -3.83. The van der Waals surface area contributed by atoms with E-state index >= 15 is 0 Å². The summed E-state index contributed by atoms with van der Waals surface area (Å²) in [7, 11) is 0. The first kappa shape index (κ1) is 23.3. The van der Waals surface area contributed by atoms with Gasteiger partial charge in [0.1, 0.15) is 5.82 Å². The number of carbonyl (C=O) groups is 3. The summed E-state index contributed by atoms with van der Waals surface area (Å²) in [4.78, 5) is 58.9. The number of aromatic amines is 1. The van der Waals surface area contributed by atoms with Crippen LogP contribution in [-0.4, -0.2) is 47.4 Å². The van der Waals surface area contributed by atoms with Gasteiger partial charge < -0.3 is 20.3 Å². The molecule has 180 valence electrons. The van der Waals surface area contributed by atoms with Crippen molar-refractivity contribution in [2.24, 2.45) is 5.92 Å². The van der Waals surface area contributed by atoms with Gasteiger partial charge in [-0.1, -0.05) is 0 Å². The van der Waals surface area contributed by atoms with Gasteiger partial charge in [-0.05, 0) is 31.9 Å². The summed E-state index contributed by atoms with van der Waals surface area (Å²) in [5.74, 6) is -5.25. The van der Waals surface area contributed by atoms with Crippen LogP contribution in [0.25, 0.3) is 0 Å². The highest BCUT2D eigenvalue weighted by Crippen LogP contribution is 2.31. The number of carbonyl (C=O) groups excluding carboxylic acids is 3. The lowest BCUT2D eigenvalue weighted by atomic mass is 9.92. The fourth-order valence-electron chi connectivity index (χ4n) is 4.16. The number of hydrogen-bond acceptors (Lipinski definition) is 7. The second-order valence-electron chi connectivity index (χ2n) is 8.11. The van der Waals surface area contributed by atoms with Gasteiger partial charge in [-0.25, -0.2) is 8.78 Å². The zero-order valence-corrected chi connectivity index (χ0v) is 18.3. The zero-order valence-electron chi connectivity index (χ0n) is 18.3. The molecule has 0 saturated carbocycles. The van der Waals surface area contributed by atoms with Crippen LogP contribution in [0.5, 0.6) is 0 Å². The van der Waals surface area contributed by atoms with Crippen LogP contribution in [0.4, 0.5) is 26.2 Å². The number of rotatable bonds is 5. The molecule has 34 heavy (non-hydrogen) atoms. The number of halogens is 2. The molecule has 12 heteroatoms. The van der Waals surface area contributed by atoms with Crippen LogP contribution in [0, 0.1) is 17.6 Å². The maximum Gasteiger partial charge on any atom is 0.310 e. The average molecular weight is 475 g/mol. The van der Waals surface area contributed by atoms with E-state index < -0.39 is 34.9 Å². The van der Waals surface area contributed by atoms with Crippen molar-refractivity contribution in [1.82, 2.24) is 9.97 Å². The Kier molecular flexibility index (Phi) is 6.57. The van der Waals surface area contributed by atoms with Crippen molar-refractivity contribution >= 4 is 35.2 Å². The van der Waals surface area contributed by atoms with Crippen molar-refractivity contribution in [2.75, 3.05) is 35.2 Å². The molecule has 1 aromatic carbocycles. The van der Waals surface area contributed by atoms with Crippen LogP contribution in [0.2, 0.25) is 0 Å². The van der Waals surface area contributed by atoms with E-state index in [2.05, 4.69) is 20.6 Å². The summed E-state index contributed by atoms with van der Waals surface area (Å²) >= 11 is 0. The largest absolute Gasteiger partial charge is 0.466 e. The molecule has 0 radical (unpaired) electrons. The normalized spacial score (nSPS) is 19.7. The molecular weight excluding hydrogens is 452 g/mol. The molecule has 3 N–H and O–H groups in total. The number of esters is 1. The molecular formula is C22H23F2N5O5. The molecule has 2 aliphatic heterocycles. The first-order valence-corrected chi connectivity index (χ1v) is 10.9. The van der Waals surface area contributed by atoms with E-state index in [0.717, 1.165) is 12.1 Å². The molecule has 0 spiro atoms. The van der Waals surface area contributed by atoms with Gasteiger partial charge >= 0.3 is 5.97 Å². The lowest BCUT2D eigenvalue weighted by Gasteiger charge is -2.32. The number of amides is 2. The van der Waals surface area contributed by atoms with Gasteiger partial charge in [0.15, 0.2) is 11.6 Å². The molecule has 2 aliphatic rings. The fraction of sp³-hybridized carbons (Fsp3) is 0.409. The number of fused-ring (bicyclic) bond motifs is 1. The van der Waals surface area contributed by atoms with Crippen molar-refractivity contribution in [3.05, 3.63) is 45.8 Å². The average Bonchev–Trinajstić information content (AvgIpc) is 2.80. The van der Waals surface area contributed by atoms with E-state index in [0.29, 0.717) is 19.4 Å². The van der Waals surface area contributed by atoms with E-state index in [9.17, 15) is 28.0 Å². The number of benzene rings is 1. The number of piperidine rings is 1. The van der Waals surface area contributed by atoms with Crippen molar-refractivity contribution in [1.29, 1.82) is 0 Å². The third-order valence-corrected chi connectivity index (χ3v) is 5.78. The zero-order chi connectivity index (χ0) is 24.4. The quantitative estimate of drug-likeness (QED) is 0.563. The van der Waals surface area contributed by atoms with E-state index in [4.69, 9.17) is 4.74 Å². The van der Waals surface area contributed by atoms with Gasteiger partial charge in [-0.3, -0.25) is 24.2 Å². The topological polar surface area (TPSA) is 133 Å². The van der Waals surface area contributed by atoms with Crippen LogP contribution in [0.15, 0.2) is 23.0 Å². The minimum absolute atomic E-state index is 0.0178. The Balaban J connectivity index is 1.59. The number of H-pyrrole nitrogens is 1. The van der Waals surface area contributed by atoms with Gasteiger partial charge in [0.2, 0.25) is 17.8 Å². The number of ether oxygens (including phenoxy) is 1. The summed E-state index contributed by atoms with van der Waals surface area (Å²) in [6, 6.07) is 2.83.